The molecular formula is C6H13N3. The molecule has 3 heteroatoms. The molecule has 1 aliphatic rings. The highest BCUT2D eigenvalue weighted by atomic mass is 15.2. The Kier molecular flexibility index (Phi) is 2.08. The van der Waals surface area contributed by atoms with Gasteiger partial charge in [-0.05, 0) is 19.3 Å². The molecule has 3 nitrogen and oxygen atoms in total. The van der Waals surface area contributed by atoms with Crippen molar-refractivity contribution in [2.45, 2.75) is 25.3 Å². The van der Waals surface area contributed by atoms with E-state index in [1.165, 1.54) is 0 Å². The van der Waals surface area contributed by atoms with E-state index >= 15 is 0 Å². The maximum atomic E-state index is 5.54. The smallest absolute Gasteiger partial charge is 0.0249 e. The van der Waals surface area contributed by atoms with Gasteiger partial charge in [0, 0.05) is 11.7 Å². The second kappa shape index (κ2) is 2.85. The van der Waals surface area contributed by atoms with Crippen LogP contribution in [0.25, 0.3) is 0 Å². The van der Waals surface area contributed by atoms with Crippen LogP contribution in [0, 0.1) is 0 Å². The Bertz CT molecular complexity index is 119. The number of hydrogen-bond donors (Lipinski definition) is 3. The summed E-state index contributed by atoms with van der Waals surface area (Å²) in [6.07, 6.45) is 5.06. The lowest BCUT2D eigenvalue weighted by Gasteiger charge is -2.18. The largest absolute Gasteiger partial charge is 0.402 e. The van der Waals surface area contributed by atoms with Crippen molar-refractivity contribution in [2.75, 3.05) is 0 Å². The van der Waals surface area contributed by atoms with Crippen LogP contribution in [0.4, 0.5) is 0 Å². The molecule has 0 saturated carbocycles. The third kappa shape index (κ3) is 1.69. The quantitative estimate of drug-likeness (QED) is 0.339. The summed E-state index contributed by atoms with van der Waals surface area (Å²) in [6.45, 7) is 0. The fraction of sp³-hybridized carbons (Fsp3) is 0.667. The first-order valence-corrected chi connectivity index (χ1v) is 3.23. The molecule has 0 aromatic carbocycles. The van der Waals surface area contributed by atoms with Crippen LogP contribution >= 0.6 is 0 Å². The normalized spacial score (nSPS) is 27.7. The molecule has 1 rings (SSSR count). The van der Waals surface area contributed by atoms with Crippen LogP contribution in [-0.2, 0) is 0 Å². The van der Waals surface area contributed by atoms with Crippen LogP contribution in [-0.4, -0.2) is 6.04 Å². The van der Waals surface area contributed by atoms with Gasteiger partial charge in [-0.3, -0.25) is 11.3 Å². The summed E-state index contributed by atoms with van der Waals surface area (Å²) in [7, 11) is 0. The second-order valence-electron chi connectivity index (χ2n) is 2.42. The highest BCUT2D eigenvalue weighted by molar-refractivity contribution is 5.02. The molecule has 9 heavy (non-hydrogen) atoms. The fourth-order valence-electron chi connectivity index (χ4n) is 1.01. The zero-order valence-electron chi connectivity index (χ0n) is 5.43. The Morgan fingerprint density at radius 3 is 2.89 bits per heavy atom. The van der Waals surface area contributed by atoms with Gasteiger partial charge in [-0.15, -0.1) is 0 Å². The molecule has 5 N–H and O–H groups in total. The van der Waals surface area contributed by atoms with Gasteiger partial charge in [-0.25, -0.2) is 0 Å². The predicted molar refractivity (Wildman–Crippen MR) is 37.2 cm³/mol. The molecule has 1 atom stereocenters. The monoisotopic (exact) mass is 127 g/mol. The molecule has 52 valence electrons. The van der Waals surface area contributed by atoms with Gasteiger partial charge in [-0.2, -0.15) is 0 Å². The van der Waals surface area contributed by atoms with E-state index in [-0.39, 0.29) is 0 Å². The minimum atomic E-state index is 0.442. The Morgan fingerprint density at radius 1 is 1.67 bits per heavy atom. The van der Waals surface area contributed by atoms with E-state index in [1.54, 1.807) is 0 Å². The van der Waals surface area contributed by atoms with Gasteiger partial charge in [0.15, 0.2) is 0 Å². The average molecular weight is 127 g/mol. The van der Waals surface area contributed by atoms with Crippen LogP contribution in [0.3, 0.4) is 0 Å². The first-order chi connectivity index (χ1) is 4.33. The molecule has 0 bridgehead atoms. The summed E-state index contributed by atoms with van der Waals surface area (Å²) in [5.74, 6) is 5.23. The SMILES string of the molecule is NNC1CC=C(N)CC1. The van der Waals surface area contributed by atoms with Gasteiger partial charge in [0.25, 0.3) is 0 Å². The summed E-state index contributed by atoms with van der Waals surface area (Å²) >= 11 is 0. The van der Waals surface area contributed by atoms with Crippen molar-refractivity contribution in [3.63, 3.8) is 0 Å². The average Bonchev–Trinajstić information content (AvgIpc) is 1.90. The molecule has 0 amide bonds. The Hall–Kier alpha value is -0.540. The van der Waals surface area contributed by atoms with E-state index in [2.05, 4.69) is 5.43 Å². The summed E-state index contributed by atoms with van der Waals surface area (Å²) in [4.78, 5) is 0. The van der Waals surface area contributed by atoms with Gasteiger partial charge in [0.05, 0.1) is 0 Å². The third-order valence-electron chi connectivity index (χ3n) is 1.68. The number of nitrogens with one attached hydrogen (secondary N) is 1. The molecule has 1 unspecified atom stereocenters. The number of nitrogens with two attached hydrogens (primary N) is 2. The van der Waals surface area contributed by atoms with Crippen LogP contribution in [0.2, 0.25) is 0 Å². The molecular weight excluding hydrogens is 114 g/mol. The van der Waals surface area contributed by atoms with Crippen molar-refractivity contribution in [2.24, 2.45) is 11.6 Å². The molecule has 0 heterocycles. The lowest BCUT2D eigenvalue weighted by Crippen LogP contribution is -2.36. The maximum absolute atomic E-state index is 5.54. The van der Waals surface area contributed by atoms with Crippen LogP contribution < -0.4 is 17.0 Å². The molecule has 0 saturated heterocycles. The Balaban J connectivity index is 2.36. The number of allylic oxidation sites excluding steroid dienone is 1. The molecule has 1 aliphatic carbocycles. The Labute approximate surface area is 55.1 Å². The Morgan fingerprint density at radius 2 is 2.44 bits per heavy atom. The van der Waals surface area contributed by atoms with E-state index < -0.39 is 0 Å². The maximum Gasteiger partial charge on any atom is 0.0249 e. The molecule has 0 spiro atoms. The van der Waals surface area contributed by atoms with Gasteiger partial charge in [0.1, 0.15) is 0 Å². The van der Waals surface area contributed by atoms with Crippen molar-refractivity contribution in [3.8, 4) is 0 Å². The molecule has 0 aromatic rings. The third-order valence-corrected chi connectivity index (χ3v) is 1.68. The first kappa shape index (κ1) is 6.58. The van der Waals surface area contributed by atoms with E-state index in [0.717, 1.165) is 25.0 Å². The van der Waals surface area contributed by atoms with Crippen LogP contribution in [0.15, 0.2) is 11.8 Å². The minimum absolute atomic E-state index is 0.442. The van der Waals surface area contributed by atoms with Crippen molar-refractivity contribution < 1.29 is 0 Å². The zero-order valence-corrected chi connectivity index (χ0v) is 5.43. The zero-order chi connectivity index (χ0) is 6.69. The van der Waals surface area contributed by atoms with Gasteiger partial charge < -0.3 is 5.73 Å². The van der Waals surface area contributed by atoms with Gasteiger partial charge in [-0.1, -0.05) is 6.08 Å². The van der Waals surface area contributed by atoms with Crippen molar-refractivity contribution in [1.82, 2.24) is 5.43 Å². The van der Waals surface area contributed by atoms with Gasteiger partial charge >= 0.3 is 0 Å². The summed E-state index contributed by atoms with van der Waals surface area (Å²) in [5.41, 5.74) is 9.27. The van der Waals surface area contributed by atoms with Crippen molar-refractivity contribution in [1.29, 1.82) is 0 Å². The molecule has 0 aliphatic heterocycles. The van der Waals surface area contributed by atoms with Crippen LogP contribution in [0.1, 0.15) is 19.3 Å². The lowest BCUT2D eigenvalue weighted by molar-refractivity contribution is 0.479. The van der Waals surface area contributed by atoms with E-state index in [9.17, 15) is 0 Å². The predicted octanol–water partition coefficient (Wildman–Crippen LogP) is -0.155. The number of hydrogen-bond acceptors (Lipinski definition) is 3. The standard InChI is InChI=1S/C6H13N3/c7-5-1-3-6(9-8)4-2-5/h1,6,9H,2-4,7-8H2. The molecule has 0 radical (unpaired) electrons. The molecule has 0 fully saturated rings. The summed E-state index contributed by atoms with van der Waals surface area (Å²) in [5, 5.41) is 0. The fourth-order valence-corrected chi connectivity index (χ4v) is 1.01. The topological polar surface area (TPSA) is 64.1 Å². The summed E-state index contributed by atoms with van der Waals surface area (Å²) < 4.78 is 0. The minimum Gasteiger partial charge on any atom is -0.402 e. The van der Waals surface area contributed by atoms with Gasteiger partial charge in [0.2, 0.25) is 0 Å². The summed E-state index contributed by atoms with van der Waals surface area (Å²) in [6, 6.07) is 0.442. The van der Waals surface area contributed by atoms with Crippen molar-refractivity contribution in [3.05, 3.63) is 11.8 Å². The highest BCUT2D eigenvalue weighted by Gasteiger charge is 2.09. The first-order valence-electron chi connectivity index (χ1n) is 3.23. The highest BCUT2D eigenvalue weighted by Crippen LogP contribution is 2.12. The van der Waals surface area contributed by atoms with Crippen LogP contribution in [0.5, 0.6) is 0 Å². The second-order valence-corrected chi connectivity index (χ2v) is 2.42. The van der Waals surface area contributed by atoms with E-state index in [0.29, 0.717) is 6.04 Å². The van der Waals surface area contributed by atoms with E-state index in [4.69, 9.17) is 11.6 Å². The number of hydrazine groups is 1. The number of rotatable bonds is 1. The van der Waals surface area contributed by atoms with Crippen molar-refractivity contribution >= 4 is 0 Å². The van der Waals surface area contributed by atoms with E-state index in [1.807, 2.05) is 6.08 Å². The molecule has 0 aromatic heterocycles. The lowest BCUT2D eigenvalue weighted by atomic mass is 10.0.